The molecule has 134 valence electrons. The standard InChI is InChI=1S/C19H21N5O2/c1-11(2)14-7-5-6-12(3)18(14)23-19(25)15-9-21-17(10-20-15)22-16-8-13(4)26-24-16/h5-11H,1-4H3,(H,23,25)(H,21,22,24). The number of aryl methyl sites for hydroxylation is 2. The van der Waals surface area contributed by atoms with Gasteiger partial charge in [-0.2, -0.15) is 0 Å². The van der Waals surface area contributed by atoms with Crippen molar-refractivity contribution in [2.45, 2.75) is 33.6 Å². The van der Waals surface area contributed by atoms with Gasteiger partial charge in [-0.1, -0.05) is 37.2 Å². The Morgan fingerprint density at radius 1 is 1.12 bits per heavy atom. The number of amides is 1. The third kappa shape index (κ3) is 3.88. The molecule has 2 N–H and O–H groups in total. The maximum Gasteiger partial charge on any atom is 0.275 e. The Balaban J connectivity index is 1.75. The Kier molecular flexibility index (Phi) is 4.97. The number of hydrogen-bond donors (Lipinski definition) is 2. The molecule has 0 fully saturated rings. The molecule has 0 saturated carbocycles. The highest BCUT2D eigenvalue weighted by Gasteiger charge is 2.14. The van der Waals surface area contributed by atoms with Crippen molar-refractivity contribution >= 4 is 23.2 Å². The van der Waals surface area contributed by atoms with Crippen LogP contribution in [0.2, 0.25) is 0 Å². The van der Waals surface area contributed by atoms with Crippen LogP contribution in [-0.2, 0) is 0 Å². The summed E-state index contributed by atoms with van der Waals surface area (Å²) < 4.78 is 4.98. The minimum absolute atomic E-state index is 0.241. The summed E-state index contributed by atoms with van der Waals surface area (Å²) in [7, 11) is 0. The molecule has 1 amide bonds. The molecule has 2 heterocycles. The van der Waals surface area contributed by atoms with Gasteiger partial charge in [0.2, 0.25) is 0 Å². The van der Waals surface area contributed by atoms with Crippen molar-refractivity contribution < 1.29 is 9.32 Å². The number of rotatable bonds is 5. The van der Waals surface area contributed by atoms with Gasteiger partial charge < -0.3 is 15.2 Å². The first-order valence-electron chi connectivity index (χ1n) is 8.37. The Bertz CT molecular complexity index is 916. The minimum atomic E-state index is -0.294. The van der Waals surface area contributed by atoms with Gasteiger partial charge >= 0.3 is 0 Å². The number of carbonyl (C=O) groups excluding carboxylic acids is 1. The van der Waals surface area contributed by atoms with Gasteiger partial charge in [-0.3, -0.25) is 4.79 Å². The van der Waals surface area contributed by atoms with Crippen LogP contribution in [0.3, 0.4) is 0 Å². The van der Waals surface area contributed by atoms with E-state index in [-0.39, 0.29) is 11.6 Å². The lowest BCUT2D eigenvalue weighted by Crippen LogP contribution is -2.16. The molecule has 0 atom stereocenters. The largest absolute Gasteiger partial charge is 0.360 e. The highest BCUT2D eigenvalue weighted by Crippen LogP contribution is 2.27. The molecule has 3 aromatic rings. The quantitative estimate of drug-likeness (QED) is 0.715. The van der Waals surface area contributed by atoms with E-state index in [2.05, 4.69) is 39.6 Å². The molecule has 0 aliphatic rings. The van der Waals surface area contributed by atoms with Crippen LogP contribution >= 0.6 is 0 Å². The van der Waals surface area contributed by atoms with E-state index in [9.17, 15) is 4.79 Å². The number of anilines is 3. The second-order valence-corrected chi connectivity index (χ2v) is 6.38. The molecule has 26 heavy (non-hydrogen) atoms. The van der Waals surface area contributed by atoms with Gasteiger partial charge in [0.05, 0.1) is 12.4 Å². The van der Waals surface area contributed by atoms with Gasteiger partial charge in [-0.05, 0) is 30.9 Å². The Morgan fingerprint density at radius 3 is 2.54 bits per heavy atom. The SMILES string of the molecule is Cc1cc(Nc2cnc(C(=O)Nc3c(C)cccc3C(C)C)cn2)no1. The summed E-state index contributed by atoms with van der Waals surface area (Å²) in [6, 6.07) is 7.73. The van der Waals surface area contributed by atoms with Crippen LogP contribution in [0.1, 0.15) is 47.1 Å². The lowest BCUT2D eigenvalue weighted by Gasteiger charge is -2.16. The number of para-hydroxylation sites is 1. The molecule has 0 radical (unpaired) electrons. The molecule has 0 spiro atoms. The summed E-state index contributed by atoms with van der Waals surface area (Å²) in [6.45, 7) is 7.96. The minimum Gasteiger partial charge on any atom is -0.360 e. The van der Waals surface area contributed by atoms with Crippen LogP contribution in [0.4, 0.5) is 17.3 Å². The molecule has 0 unspecified atom stereocenters. The predicted molar refractivity (Wildman–Crippen MR) is 99.8 cm³/mol. The van der Waals surface area contributed by atoms with Crippen molar-refractivity contribution in [1.82, 2.24) is 15.1 Å². The fourth-order valence-electron chi connectivity index (χ4n) is 2.59. The first kappa shape index (κ1) is 17.6. The normalized spacial score (nSPS) is 10.8. The molecule has 0 saturated heterocycles. The summed E-state index contributed by atoms with van der Waals surface area (Å²) >= 11 is 0. The average molecular weight is 351 g/mol. The zero-order valence-corrected chi connectivity index (χ0v) is 15.2. The van der Waals surface area contributed by atoms with E-state index in [4.69, 9.17) is 4.52 Å². The maximum absolute atomic E-state index is 12.6. The average Bonchev–Trinajstić information content (AvgIpc) is 3.02. The van der Waals surface area contributed by atoms with Crippen LogP contribution in [-0.4, -0.2) is 21.0 Å². The topological polar surface area (TPSA) is 92.9 Å². The molecule has 7 heteroatoms. The van der Waals surface area contributed by atoms with Crippen LogP contribution in [0.25, 0.3) is 0 Å². The van der Waals surface area contributed by atoms with E-state index in [0.29, 0.717) is 23.3 Å². The zero-order valence-electron chi connectivity index (χ0n) is 15.2. The smallest absolute Gasteiger partial charge is 0.275 e. The van der Waals surface area contributed by atoms with Crippen molar-refractivity contribution in [3.05, 3.63) is 59.2 Å². The maximum atomic E-state index is 12.6. The van der Waals surface area contributed by atoms with Gasteiger partial charge in [0.15, 0.2) is 5.82 Å². The monoisotopic (exact) mass is 351 g/mol. The van der Waals surface area contributed by atoms with Crippen molar-refractivity contribution in [3.63, 3.8) is 0 Å². The van der Waals surface area contributed by atoms with Gasteiger partial charge in [0, 0.05) is 11.8 Å². The van der Waals surface area contributed by atoms with Crippen LogP contribution in [0.15, 0.2) is 41.2 Å². The molecule has 0 aliphatic heterocycles. The third-order valence-electron chi connectivity index (χ3n) is 3.93. The highest BCUT2D eigenvalue weighted by molar-refractivity contribution is 6.03. The van der Waals surface area contributed by atoms with E-state index in [1.165, 1.54) is 12.4 Å². The van der Waals surface area contributed by atoms with Crippen molar-refractivity contribution in [2.75, 3.05) is 10.6 Å². The van der Waals surface area contributed by atoms with Crippen molar-refractivity contribution in [2.24, 2.45) is 0 Å². The van der Waals surface area contributed by atoms with Crippen LogP contribution in [0.5, 0.6) is 0 Å². The fourth-order valence-corrected chi connectivity index (χ4v) is 2.59. The molecule has 7 nitrogen and oxygen atoms in total. The summed E-state index contributed by atoms with van der Waals surface area (Å²) in [6.07, 6.45) is 2.91. The first-order valence-corrected chi connectivity index (χ1v) is 8.37. The Hall–Kier alpha value is -3.22. The fraction of sp³-hybridized carbons (Fsp3) is 0.263. The van der Waals surface area contributed by atoms with Crippen LogP contribution < -0.4 is 10.6 Å². The number of nitrogens with one attached hydrogen (secondary N) is 2. The summed E-state index contributed by atoms with van der Waals surface area (Å²) in [5.41, 5.74) is 3.17. The summed E-state index contributed by atoms with van der Waals surface area (Å²) in [5.74, 6) is 1.71. The molecule has 0 bridgehead atoms. The summed E-state index contributed by atoms with van der Waals surface area (Å²) in [5, 5.41) is 9.75. The lowest BCUT2D eigenvalue weighted by molar-refractivity contribution is 0.102. The number of hydrogen-bond acceptors (Lipinski definition) is 6. The van der Waals surface area contributed by atoms with Gasteiger partial charge in [-0.25, -0.2) is 9.97 Å². The second kappa shape index (κ2) is 7.35. The van der Waals surface area contributed by atoms with Crippen LogP contribution in [0, 0.1) is 13.8 Å². The summed E-state index contributed by atoms with van der Waals surface area (Å²) in [4.78, 5) is 20.9. The highest BCUT2D eigenvalue weighted by atomic mass is 16.5. The lowest BCUT2D eigenvalue weighted by atomic mass is 9.98. The van der Waals surface area contributed by atoms with E-state index in [1.807, 2.05) is 25.1 Å². The van der Waals surface area contributed by atoms with Gasteiger partial charge in [0.1, 0.15) is 17.3 Å². The Labute approximate surface area is 151 Å². The molecule has 3 rings (SSSR count). The number of carbonyl (C=O) groups is 1. The van der Waals surface area contributed by atoms with E-state index >= 15 is 0 Å². The molecule has 0 aliphatic carbocycles. The van der Waals surface area contributed by atoms with Gasteiger partial charge in [-0.15, -0.1) is 0 Å². The van der Waals surface area contributed by atoms with E-state index < -0.39 is 0 Å². The van der Waals surface area contributed by atoms with E-state index in [1.54, 1.807) is 13.0 Å². The zero-order chi connectivity index (χ0) is 18.7. The van der Waals surface area contributed by atoms with Crippen molar-refractivity contribution in [1.29, 1.82) is 0 Å². The molecule has 1 aromatic carbocycles. The second-order valence-electron chi connectivity index (χ2n) is 6.38. The van der Waals surface area contributed by atoms with E-state index in [0.717, 1.165) is 16.8 Å². The number of nitrogens with zero attached hydrogens (tertiary/aromatic N) is 3. The third-order valence-corrected chi connectivity index (χ3v) is 3.93. The van der Waals surface area contributed by atoms with Gasteiger partial charge in [0.25, 0.3) is 5.91 Å². The Morgan fingerprint density at radius 2 is 1.92 bits per heavy atom. The predicted octanol–water partition coefficient (Wildman–Crippen LogP) is 4.20. The number of aromatic nitrogens is 3. The molecule has 2 aromatic heterocycles. The molecular formula is C19H21N5O2. The first-order chi connectivity index (χ1) is 12.4. The number of benzene rings is 1. The van der Waals surface area contributed by atoms with Crippen molar-refractivity contribution in [3.8, 4) is 0 Å². The molecular weight excluding hydrogens is 330 g/mol.